The number of urea groups is 1. The van der Waals surface area contributed by atoms with Crippen molar-refractivity contribution in [2.75, 3.05) is 27.2 Å². The van der Waals surface area contributed by atoms with Gasteiger partial charge in [0.1, 0.15) is 0 Å². The number of nitrogens with one attached hydrogen (secondary N) is 2. The highest BCUT2D eigenvalue weighted by Crippen LogP contribution is 2.09. The lowest BCUT2D eigenvalue weighted by atomic mass is 10.2. The molecule has 0 spiro atoms. The first kappa shape index (κ1) is 17.4. The third-order valence-electron chi connectivity index (χ3n) is 2.78. The first-order valence-corrected chi connectivity index (χ1v) is 7.63. The molecule has 0 aliphatic heterocycles. The van der Waals surface area contributed by atoms with Crippen molar-refractivity contribution in [1.29, 1.82) is 0 Å². The second-order valence-electron chi connectivity index (χ2n) is 5.07. The van der Waals surface area contributed by atoms with Gasteiger partial charge < -0.3 is 20.6 Å². The number of carboxylic acids is 1. The van der Waals surface area contributed by atoms with Gasteiger partial charge in [-0.05, 0) is 34.0 Å². The summed E-state index contributed by atoms with van der Waals surface area (Å²) >= 11 is 1.29. The van der Waals surface area contributed by atoms with Crippen molar-refractivity contribution in [1.82, 2.24) is 20.5 Å². The van der Waals surface area contributed by atoms with Crippen molar-refractivity contribution >= 4 is 23.3 Å². The van der Waals surface area contributed by atoms with Crippen LogP contribution in [0.3, 0.4) is 0 Å². The third-order valence-corrected chi connectivity index (χ3v) is 3.69. The second kappa shape index (κ2) is 8.58. The molecule has 1 heterocycles. The lowest BCUT2D eigenvalue weighted by Crippen LogP contribution is -2.42. The largest absolute Gasteiger partial charge is 0.476 e. The van der Waals surface area contributed by atoms with E-state index in [9.17, 15) is 9.59 Å². The van der Waals surface area contributed by atoms with Gasteiger partial charge in [-0.1, -0.05) is 0 Å². The first-order chi connectivity index (χ1) is 9.88. The van der Waals surface area contributed by atoms with Gasteiger partial charge in [-0.25, -0.2) is 14.6 Å². The number of carbonyl (C=O) groups is 2. The van der Waals surface area contributed by atoms with Crippen molar-refractivity contribution in [3.8, 4) is 0 Å². The van der Waals surface area contributed by atoms with Gasteiger partial charge >= 0.3 is 12.0 Å². The Hall–Kier alpha value is -1.67. The minimum absolute atomic E-state index is 0.0526. The smallest absolute Gasteiger partial charge is 0.355 e. The number of aromatic nitrogens is 1. The van der Waals surface area contributed by atoms with Gasteiger partial charge in [0.25, 0.3) is 0 Å². The number of aromatic carboxylic acids is 1. The van der Waals surface area contributed by atoms with Gasteiger partial charge in [0, 0.05) is 24.4 Å². The Morgan fingerprint density at radius 1 is 1.48 bits per heavy atom. The summed E-state index contributed by atoms with van der Waals surface area (Å²) in [5, 5.41) is 16.6. The summed E-state index contributed by atoms with van der Waals surface area (Å²) in [6.07, 6.45) is 1.41. The van der Waals surface area contributed by atoms with Crippen LogP contribution in [0.25, 0.3) is 0 Å². The van der Waals surface area contributed by atoms with Gasteiger partial charge in [0.05, 0.1) is 5.01 Å². The van der Waals surface area contributed by atoms with E-state index in [4.69, 9.17) is 5.11 Å². The Labute approximate surface area is 128 Å². The molecule has 0 saturated heterocycles. The van der Waals surface area contributed by atoms with Crippen LogP contribution in [-0.4, -0.2) is 60.2 Å². The van der Waals surface area contributed by atoms with Gasteiger partial charge in [0.15, 0.2) is 5.69 Å². The van der Waals surface area contributed by atoms with E-state index in [-0.39, 0.29) is 17.8 Å². The van der Waals surface area contributed by atoms with Crippen LogP contribution in [0.2, 0.25) is 0 Å². The Morgan fingerprint density at radius 2 is 2.19 bits per heavy atom. The Balaban J connectivity index is 2.22. The molecule has 0 saturated carbocycles. The van der Waals surface area contributed by atoms with E-state index in [0.717, 1.165) is 13.0 Å². The zero-order chi connectivity index (χ0) is 15.8. The van der Waals surface area contributed by atoms with Crippen LogP contribution in [0.15, 0.2) is 5.38 Å². The Morgan fingerprint density at radius 3 is 2.76 bits per heavy atom. The maximum Gasteiger partial charge on any atom is 0.355 e. The summed E-state index contributed by atoms with van der Waals surface area (Å²) < 4.78 is 0. The molecule has 1 aromatic rings. The molecular formula is C13H22N4O3S. The lowest BCUT2D eigenvalue weighted by molar-refractivity contribution is 0.0691. The highest BCUT2D eigenvalue weighted by atomic mass is 32.1. The summed E-state index contributed by atoms with van der Waals surface area (Å²) in [7, 11) is 3.98. The molecule has 3 N–H and O–H groups in total. The van der Waals surface area contributed by atoms with Gasteiger partial charge in [-0.3, -0.25) is 0 Å². The molecule has 0 aromatic carbocycles. The highest BCUT2D eigenvalue weighted by Gasteiger charge is 2.10. The van der Waals surface area contributed by atoms with E-state index in [2.05, 4.69) is 20.5 Å². The molecule has 2 amide bonds. The lowest BCUT2D eigenvalue weighted by Gasteiger charge is -2.17. The topological polar surface area (TPSA) is 94.6 Å². The van der Waals surface area contributed by atoms with Crippen LogP contribution in [0.4, 0.5) is 4.79 Å². The molecule has 0 fully saturated rings. The fraction of sp³-hybridized carbons (Fsp3) is 0.615. The van der Waals surface area contributed by atoms with Crippen molar-refractivity contribution in [2.24, 2.45) is 0 Å². The van der Waals surface area contributed by atoms with Crippen molar-refractivity contribution in [3.05, 3.63) is 16.1 Å². The maximum atomic E-state index is 11.7. The molecule has 7 nitrogen and oxygen atoms in total. The number of rotatable bonds is 8. The quantitative estimate of drug-likeness (QED) is 0.666. The van der Waals surface area contributed by atoms with E-state index in [1.165, 1.54) is 16.7 Å². The predicted molar refractivity (Wildman–Crippen MR) is 81.9 cm³/mol. The minimum atomic E-state index is -1.03. The monoisotopic (exact) mass is 314 g/mol. The zero-order valence-electron chi connectivity index (χ0n) is 12.5. The van der Waals surface area contributed by atoms with E-state index >= 15 is 0 Å². The molecule has 118 valence electrons. The normalized spacial score (nSPS) is 12.2. The predicted octanol–water partition coefficient (Wildman–Crippen LogP) is 1.02. The van der Waals surface area contributed by atoms with Gasteiger partial charge in [-0.2, -0.15) is 0 Å². The van der Waals surface area contributed by atoms with Crippen LogP contribution in [0.5, 0.6) is 0 Å². The molecule has 0 aliphatic carbocycles. The van der Waals surface area contributed by atoms with Crippen LogP contribution >= 0.6 is 11.3 Å². The number of carboxylic acid groups (broad SMARTS) is 1. The van der Waals surface area contributed by atoms with Gasteiger partial charge in [0.2, 0.25) is 0 Å². The number of nitrogens with zero attached hydrogens (tertiary/aromatic N) is 2. The number of thiazole rings is 1. The first-order valence-electron chi connectivity index (χ1n) is 6.75. The fourth-order valence-electron chi connectivity index (χ4n) is 1.61. The molecule has 0 aliphatic rings. The molecule has 1 atom stereocenters. The molecule has 0 bridgehead atoms. The van der Waals surface area contributed by atoms with E-state index in [1.54, 1.807) is 0 Å². The third kappa shape index (κ3) is 7.05. The highest BCUT2D eigenvalue weighted by molar-refractivity contribution is 7.09. The number of amides is 2. The zero-order valence-corrected chi connectivity index (χ0v) is 13.4. The summed E-state index contributed by atoms with van der Waals surface area (Å²) in [6, 6.07) is -0.109. The fourth-order valence-corrected chi connectivity index (χ4v) is 2.38. The van der Waals surface area contributed by atoms with Crippen molar-refractivity contribution < 1.29 is 14.7 Å². The minimum Gasteiger partial charge on any atom is -0.476 e. The van der Waals surface area contributed by atoms with Crippen molar-refractivity contribution in [2.45, 2.75) is 25.8 Å². The van der Waals surface area contributed by atoms with Crippen LogP contribution in [0.1, 0.15) is 28.8 Å². The van der Waals surface area contributed by atoms with Crippen LogP contribution < -0.4 is 10.6 Å². The second-order valence-corrected chi connectivity index (χ2v) is 6.02. The summed E-state index contributed by atoms with van der Waals surface area (Å²) in [5.41, 5.74) is 0.0526. The Kier molecular flexibility index (Phi) is 7.10. The molecular weight excluding hydrogens is 292 g/mol. The molecule has 8 heteroatoms. The Bertz CT molecular complexity index is 476. The number of hydrogen-bond acceptors (Lipinski definition) is 5. The standard InChI is InChI=1S/C13H22N4O3S/c1-9(5-7-17(2)3)15-13(20)14-6-4-11-16-10(8-21-11)12(18)19/h8-9H,4-7H2,1-3H3,(H,18,19)(H2,14,15,20). The molecule has 0 radical (unpaired) electrons. The van der Waals surface area contributed by atoms with E-state index in [0.29, 0.717) is 18.0 Å². The average Bonchev–Trinajstić information content (AvgIpc) is 2.85. The van der Waals surface area contributed by atoms with Gasteiger partial charge in [-0.15, -0.1) is 11.3 Å². The molecule has 1 rings (SSSR count). The summed E-state index contributed by atoms with van der Waals surface area (Å²) in [4.78, 5) is 28.4. The number of carbonyl (C=O) groups excluding carboxylic acids is 1. The van der Waals surface area contributed by atoms with Crippen LogP contribution in [0, 0.1) is 0 Å². The maximum absolute atomic E-state index is 11.7. The molecule has 21 heavy (non-hydrogen) atoms. The van der Waals surface area contributed by atoms with E-state index < -0.39 is 5.97 Å². The SMILES string of the molecule is CC(CCN(C)C)NC(=O)NCCc1nc(C(=O)O)cs1. The number of hydrogen-bond donors (Lipinski definition) is 3. The van der Waals surface area contributed by atoms with Crippen LogP contribution in [-0.2, 0) is 6.42 Å². The van der Waals surface area contributed by atoms with E-state index in [1.807, 2.05) is 21.0 Å². The van der Waals surface area contributed by atoms with Crippen molar-refractivity contribution in [3.63, 3.8) is 0 Å². The molecule has 1 unspecified atom stereocenters. The average molecular weight is 314 g/mol. The molecule has 1 aromatic heterocycles. The summed E-state index contributed by atoms with van der Waals surface area (Å²) in [5.74, 6) is -1.03. The summed E-state index contributed by atoms with van der Waals surface area (Å²) in [6.45, 7) is 3.31.